The van der Waals surface area contributed by atoms with Crippen LogP contribution in [0, 0.1) is 11.6 Å². The van der Waals surface area contributed by atoms with Gasteiger partial charge in [0.05, 0.1) is 0 Å². The molecule has 6 N–H and O–H groups in total. The van der Waals surface area contributed by atoms with Gasteiger partial charge in [0, 0.05) is 12.6 Å². The van der Waals surface area contributed by atoms with Crippen LogP contribution in [0.2, 0.25) is 0 Å². The second kappa shape index (κ2) is 10.5. The zero-order valence-electron chi connectivity index (χ0n) is 18.7. The van der Waals surface area contributed by atoms with Gasteiger partial charge in [-0.3, -0.25) is 4.79 Å². The third kappa shape index (κ3) is 5.47. The number of amides is 1. The number of hydrogen-bond acceptors (Lipinski definition) is 3. The highest BCUT2D eigenvalue weighted by atomic mass is 19.1. The first-order valence-electron chi connectivity index (χ1n) is 11.2. The second-order valence-corrected chi connectivity index (χ2v) is 8.33. The van der Waals surface area contributed by atoms with E-state index in [0.717, 1.165) is 40.6 Å². The van der Waals surface area contributed by atoms with Crippen molar-refractivity contribution in [1.82, 2.24) is 10.3 Å². The van der Waals surface area contributed by atoms with Gasteiger partial charge in [0.1, 0.15) is 18.2 Å². The van der Waals surface area contributed by atoms with Crippen LogP contribution in [0.25, 0.3) is 22.2 Å². The van der Waals surface area contributed by atoms with E-state index >= 15 is 0 Å². The fraction of sp³-hybridized carbons (Fsp3) is 0.231. The summed E-state index contributed by atoms with van der Waals surface area (Å²) in [6.07, 6.45) is 1.51. The average Bonchev–Trinajstić information content (AvgIpc) is 3.20. The number of nitrogens with one attached hydrogen (secondary N) is 2. The van der Waals surface area contributed by atoms with Gasteiger partial charge in [0.25, 0.3) is 0 Å². The van der Waals surface area contributed by atoms with Crippen molar-refractivity contribution in [2.24, 2.45) is 11.5 Å². The summed E-state index contributed by atoms with van der Waals surface area (Å²) in [7, 11) is 0. The van der Waals surface area contributed by atoms with Crippen molar-refractivity contribution >= 4 is 16.9 Å². The molecule has 3 aromatic carbocycles. The third-order valence-electron chi connectivity index (χ3n) is 5.76. The number of hydrogen-bond donors (Lipinski definition) is 4. The highest BCUT2D eigenvalue weighted by Gasteiger charge is 2.26. The molecule has 6 nitrogen and oxygen atoms in total. The Kier molecular flexibility index (Phi) is 7.30. The molecule has 0 aliphatic heterocycles. The molecule has 0 aliphatic rings. The first kappa shape index (κ1) is 23.5. The van der Waals surface area contributed by atoms with Crippen LogP contribution in [0.3, 0.4) is 0 Å². The lowest BCUT2D eigenvalue weighted by atomic mass is 10.1. The van der Waals surface area contributed by atoms with E-state index in [1.165, 1.54) is 24.3 Å². The monoisotopic (exact) mass is 464 g/mol. The molecule has 1 aromatic heterocycles. The summed E-state index contributed by atoms with van der Waals surface area (Å²) in [6.45, 7) is 1.23. The molecule has 1 amide bonds. The van der Waals surface area contributed by atoms with Crippen LogP contribution in [0.4, 0.5) is 8.78 Å². The van der Waals surface area contributed by atoms with Crippen LogP contribution in [0.15, 0.2) is 66.7 Å². The number of halogens is 2. The first-order valence-corrected chi connectivity index (χ1v) is 11.2. The minimum atomic E-state index is -0.323. The maximum Gasteiger partial charge on any atom is 0.346 e. The van der Waals surface area contributed by atoms with E-state index in [0.29, 0.717) is 25.5 Å². The van der Waals surface area contributed by atoms with Crippen LogP contribution in [0.1, 0.15) is 29.0 Å². The molecule has 34 heavy (non-hydrogen) atoms. The van der Waals surface area contributed by atoms with Gasteiger partial charge in [0.15, 0.2) is 11.0 Å². The quantitative estimate of drug-likeness (QED) is 0.286. The van der Waals surface area contributed by atoms with Gasteiger partial charge < -0.3 is 16.8 Å². The highest BCUT2D eigenvalue weighted by Crippen LogP contribution is 2.23. The SMILES string of the molecule is NCCC[C@H](N)CNC(=O)c1[nH]c2ccc(-c3ccc(F)cc3)cc2[n+]1Cc1ccc(F)cc1. The number of aromatic amines is 1. The molecule has 176 valence electrons. The van der Waals surface area contributed by atoms with E-state index in [2.05, 4.69) is 10.3 Å². The van der Waals surface area contributed by atoms with E-state index in [-0.39, 0.29) is 23.6 Å². The van der Waals surface area contributed by atoms with Crippen LogP contribution in [-0.4, -0.2) is 30.0 Å². The Morgan fingerprint density at radius 3 is 2.29 bits per heavy atom. The number of imidazole rings is 1. The highest BCUT2D eigenvalue weighted by molar-refractivity contribution is 5.92. The van der Waals surface area contributed by atoms with Crippen LogP contribution < -0.4 is 21.4 Å². The number of rotatable bonds is 9. The molecule has 0 bridgehead atoms. The maximum atomic E-state index is 13.4. The Hall–Kier alpha value is -3.62. The Morgan fingerprint density at radius 2 is 1.62 bits per heavy atom. The first-order chi connectivity index (χ1) is 16.4. The number of carbonyl (C=O) groups is 1. The molecular formula is C26H28F2N5O+. The fourth-order valence-corrected chi connectivity index (χ4v) is 3.90. The fourth-order valence-electron chi connectivity index (χ4n) is 3.90. The lowest BCUT2D eigenvalue weighted by molar-refractivity contribution is -0.664. The maximum absolute atomic E-state index is 13.4. The summed E-state index contributed by atoms with van der Waals surface area (Å²) < 4.78 is 28.7. The molecule has 0 unspecified atom stereocenters. The molecule has 0 saturated heterocycles. The lowest BCUT2D eigenvalue weighted by Gasteiger charge is -2.11. The third-order valence-corrected chi connectivity index (χ3v) is 5.76. The molecular weight excluding hydrogens is 436 g/mol. The zero-order chi connectivity index (χ0) is 24.1. The Balaban J connectivity index is 1.70. The minimum absolute atomic E-state index is 0.187. The van der Waals surface area contributed by atoms with E-state index in [4.69, 9.17) is 11.5 Å². The summed E-state index contributed by atoms with van der Waals surface area (Å²) in [5.74, 6) is -0.552. The van der Waals surface area contributed by atoms with Gasteiger partial charge in [-0.05, 0) is 78.5 Å². The lowest BCUT2D eigenvalue weighted by Crippen LogP contribution is -2.45. The second-order valence-electron chi connectivity index (χ2n) is 8.33. The van der Waals surface area contributed by atoms with E-state index < -0.39 is 0 Å². The standard InChI is InChI=1S/C26H27F2N5O/c27-20-8-3-17(4-9-20)16-33-24-14-19(18-5-10-21(28)11-6-18)7-12-23(24)32-25(33)26(34)31-15-22(30)2-1-13-29/h3-12,14,22H,1-2,13,15-16,29-30H2,(H,31,34)/p+1/t22-/m0/s1. The molecule has 1 atom stereocenters. The molecule has 4 rings (SSSR count). The minimum Gasteiger partial charge on any atom is -0.344 e. The van der Waals surface area contributed by atoms with Gasteiger partial charge in [-0.1, -0.05) is 24.3 Å². The van der Waals surface area contributed by atoms with Crippen molar-refractivity contribution in [3.05, 3.63) is 89.8 Å². The van der Waals surface area contributed by atoms with Gasteiger partial charge >= 0.3 is 11.7 Å². The van der Waals surface area contributed by atoms with E-state index in [9.17, 15) is 13.6 Å². The van der Waals surface area contributed by atoms with Crippen LogP contribution >= 0.6 is 0 Å². The predicted molar refractivity (Wildman–Crippen MR) is 128 cm³/mol. The Labute approximate surface area is 196 Å². The predicted octanol–water partition coefficient (Wildman–Crippen LogP) is 3.24. The summed E-state index contributed by atoms with van der Waals surface area (Å²) in [5, 5.41) is 2.90. The van der Waals surface area contributed by atoms with Crippen molar-refractivity contribution in [3.63, 3.8) is 0 Å². The Bertz CT molecular complexity index is 1270. The molecule has 0 fully saturated rings. The van der Waals surface area contributed by atoms with Crippen molar-refractivity contribution < 1.29 is 18.1 Å². The molecule has 4 aromatic rings. The van der Waals surface area contributed by atoms with Crippen LogP contribution in [0.5, 0.6) is 0 Å². The molecule has 0 spiro atoms. The number of carbonyl (C=O) groups excluding carboxylic acids is 1. The normalized spacial score (nSPS) is 12.1. The van der Waals surface area contributed by atoms with Crippen molar-refractivity contribution in [2.75, 3.05) is 13.1 Å². The number of nitrogens with zero attached hydrogens (tertiary/aromatic N) is 1. The molecule has 0 saturated carbocycles. The van der Waals surface area contributed by atoms with Gasteiger partial charge in [-0.25, -0.2) is 18.3 Å². The Morgan fingerprint density at radius 1 is 0.971 bits per heavy atom. The number of fused-ring (bicyclic) bond motifs is 1. The number of nitrogens with two attached hydrogens (primary N) is 2. The zero-order valence-corrected chi connectivity index (χ0v) is 18.7. The molecule has 0 aliphatic carbocycles. The van der Waals surface area contributed by atoms with E-state index in [1.807, 2.05) is 22.8 Å². The number of aromatic nitrogens is 2. The topological polar surface area (TPSA) is 101 Å². The van der Waals surface area contributed by atoms with Crippen LogP contribution in [-0.2, 0) is 6.54 Å². The molecule has 1 heterocycles. The van der Waals surface area contributed by atoms with Gasteiger partial charge in [0.2, 0.25) is 0 Å². The summed E-state index contributed by atoms with van der Waals surface area (Å²) in [4.78, 5) is 16.3. The average molecular weight is 465 g/mol. The summed E-state index contributed by atoms with van der Waals surface area (Å²) in [6, 6.07) is 18.0. The van der Waals surface area contributed by atoms with Crippen molar-refractivity contribution in [1.29, 1.82) is 0 Å². The number of benzene rings is 3. The summed E-state index contributed by atoms with van der Waals surface area (Å²) in [5.41, 5.74) is 15.8. The molecule has 8 heteroatoms. The van der Waals surface area contributed by atoms with Gasteiger partial charge in [-0.2, -0.15) is 0 Å². The van der Waals surface area contributed by atoms with Gasteiger partial charge in [-0.15, -0.1) is 0 Å². The smallest absolute Gasteiger partial charge is 0.344 e. The molecule has 0 radical (unpaired) electrons. The van der Waals surface area contributed by atoms with Crippen molar-refractivity contribution in [2.45, 2.75) is 25.4 Å². The largest absolute Gasteiger partial charge is 0.346 e. The van der Waals surface area contributed by atoms with E-state index in [1.54, 1.807) is 24.3 Å². The van der Waals surface area contributed by atoms with Crippen molar-refractivity contribution in [3.8, 4) is 11.1 Å². The number of H-pyrrole nitrogens is 1. The summed E-state index contributed by atoms with van der Waals surface area (Å²) >= 11 is 0.